The van der Waals surface area contributed by atoms with Crippen molar-refractivity contribution in [1.82, 2.24) is 25.0 Å². The van der Waals surface area contributed by atoms with Crippen LogP contribution in [0.3, 0.4) is 0 Å². The van der Waals surface area contributed by atoms with E-state index < -0.39 is 5.38 Å². The molecule has 2 aromatic heterocycles. The van der Waals surface area contributed by atoms with Crippen molar-refractivity contribution in [3.05, 3.63) is 24.5 Å². The molecule has 2 aromatic rings. The molecule has 0 aromatic carbocycles. The number of halogens is 1. The van der Waals surface area contributed by atoms with Crippen LogP contribution in [0.2, 0.25) is 0 Å². The van der Waals surface area contributed by atoms with Gasteiger partial charge in [0, 0.05) is 31.9 Å². The van der Waals surface area contributed by atoms with Gasteiger partial charge in [-0.1, -0.05) is 5.16 Å². The molecule has 1 aliphatic heterocycles. The van der Waals surface area contributed by atoms with Gasteiger partial charge in [0.05, 0.1) is 6.20 Å². The van der Waals surface area contributed by atoms with E-state index >= 15 is 0 Å². The summed E-state index contributed by atoms with van der Waals surface area (Å²) in [5.74, 6) is 1.29. The lowest BCUT2D eigenvalue weighted by Gasteiger charge is -2.32. The van der Waals surface area contributed by atoms with Crippen LogP contribution in [0.4, 0.5) is 0 Å². The van der Waals surface area contributed by atoms with Crippen molar-refractivity contribution in [1.29, 1.82) is 0 Å². The van der Waals surface area contributed by atoms with E-state index in [4.69, 9.17) is 16.1 Å². The van der Waals surface area contributed by atoms with E-state index in [2.05, 4.69) is 20.1 Å². The molecule has 1 amide bonds. The lowest BCUT2D eigenvalue weighted by molar-refractivity contribution is -0.132. The van der Waals surface area contributed by atoms with Gasteiger partial charge >= 0.3 is 0 Å². The first-order valence-corrected chi connectivity index (χ1v) is 8.09. The number of carbonyl (C=O) groups excluding carboxylic acids is 1. The summed E-state index contributed by atoms with van der Waals surface area (Å²) in [7, 11) is 0. The molecular formula is C15H18ClN5O2. The Hall–Kier alpha value is -2.02. The van der Waals surface area contributed by atoms with Crippen LogP contribution in [0.25, 0.3) is 11.5 Å². The summed E-state index contributed by atoms with van der Waals surface area (Å²) in [5, 5.41) is 3.46. The molecule has 0 saturated carbocycles. The van der Waals surface area contributed by atoms with Gasteiger partial charge in [-0.25, -0.2) is 4.98 Å². The summed E-state index contributed by atoms with van der Waals surface area (Å²) >= 11 is 5.90. The van der Waals surface area contributed by atoms with Crippen molar-refractivity contribution in [2.75, 3.05) is 13.1 Å². The molecule has 0 bridgehead atoms. The normalized spacial score (nSPS) is 19.6. The molecule has 2 unspecified atom stereocenters. The Bertz CT molecular complexity index is 661. The van der Waals surface area contributed by atoms with Crippen LogP contribution < -0.4 is 0 Å². The summed E-state index contributed by atoms with van der Waals surface area (Å²) in [4.78, 5) is 26.3. The van der Waals surface area contributed by atoms with Gasteiger partial charge in [-0.05, 0) is 25.7 Å². The molecule has 3 rings (SSSR count). The molecule has 1 saturated heterocycles. The number of piperidine rings is 1. The topological polar surface area (TPSA) is 85.0 Å². The molecular weight excluding hydrogens is 318 g/mol. The van der Waals surface area contributed by atoms with Crippen molar-refractivity contribution >= 4 is 17.5 Å². The Balaban J connectivity index is 1.63. The Morgan fingerprint density at radius 3 is 3.13 bits per heavy atom. The maximum Gasteiger partial charge on any atom is 0.240 e. The number of nitrogens with zero attached hydrogens (tertiary/aromatic N) is 5. The molecule has 0 N–H and O–H groups in total. The van der Waals surface area contributed by atoms with Gasteiger partial charge < -0.3 is 9.42 Å². The van der Waals surface area contributed by atoms with E-state index in [9.17, 15) is 4.79 Å². The maximum absolute atomic E-state index is 12.0. The number of likely N-dealkylation sites (tertiary alicyclic amines) is 1. The van der Waals surface area contributed by atoms with Crippen LogP contribution >= 0.6 is 11.6 Å². The lowest BCUT2D eigenvalue weighted by atomic mass is 9.94. The fourth-order valence-corrected chi connectivity index (χ4v) is 2.92. The maximum atomic E-state index is 12.0. The standard InChI is InChI=1S/C15H18ClN5O2/c1-10(16)15(22)21-6-2-3-11(9-21)7-13-19-14(20-23-13)12-8-17-4-5-18-12/h4-5,8,10-11H,2-3,6-7,9H2,1H3. The second kappa shape index (κ2) is 7.04. The predicted octanol–water partition coefficient (Wildman–Crippen LogP) is 1.93. The second-order valence-corrected chi connectivity index (χ2v) is 6.37. The van der Waals surface area contributed by atoms with Crippen LogP contribution in [-0.4, -0.2) is 49.4 Å². The van der Waals surface area contributed by atoms with Crippen LogP contribution in [0.5, 0.6) is 0 Å². The van der Waals surface area contributed by atoms with Gasteiger partial charge in [0.1, 0.15) is 11.1 Å². The number of alkyl halides is 1. The van der Waals surface area contributed by atoms with Gasteiger partial charge in [-0.3, -0.25) is 9.78 Å². The molecule has 0 aliphatic carbocycles. The third-order valence-electron chi connectivity index (χ3n) is 3.89. The molecule has 1 fully saturated rings. The molecule has 1 aliphatic rings. The average Bonchev–Trinajstić information content (AvgIpc) is 3.03. The summed E-state index contributed by atoms with van der Waals surface area (Å²) < 4.78 is 5.31. The van der Waals surface area contributed by atoms with Crippen molar-refractivity contribution in [2.24, 2.45) is 5.92 Å². The van der Waals surface area contributed by atoms with Gasteiger partial charge in [0.25, 0.3) is 0 Å². The van der Waals surface area contributed by atoms with Gasteiger partial charge in [0.15, 0.2) is 0 Å². The summed E-state index contributed by atoms with van der Waals surface area (Å²) in [6.45, 7) is 3.15. The quantitative estimate of drug-likeness (QED) is 0.794. The largest absolute Gasteiger partial charge is 0.341 e. The average molecular weight is 336 g/mol. The van der Waals surface area contributed by atoms with Gasteiger partial charge in [0.2, 0.25) is 17.6 Å². The van der Waals surface area contributed by atoms with Crippen LogP contribution in [-0.2, 0) is 11.2 Å². The Morgan fingerprint density at radius 1 is 1.52 bits per heavy atom. The van der Waals surface area contributed by atoms with E-state index in [1.807, 2.05) is 4.90 Å². The first-order valence-electron chi connectivity index (χ1n) is 7.65. The SMILES string of the molecule is CC(Cl)C(=O)N1CCCC(Cc2nc(-c3cnccn3)no2)C1. The van der Waals surface area contributed by atoms with Crippen molar-refractivity contribution < 1.29 is 9.32 Å². The fraction of sp³-hybridized carbons (Fsp3) is 0.533. The molecule has 2 atom stereocenters. The Labute approximate surface area is 139 Å². The number of hydrogen-bond donors (Lipinski definition) is 0. The minimum atomic E-state index is -0.486. The molecule has 7 nitrogen and oxygen atoms in total. The Morgan fingerprint density at radius 2 is 2.39 bits per heavy atom. The molecule has 122 valence electrons. The highest BCUT2D eigenvalue weighted by atomic mass is 35.5. The summed E-state index contributed by atoms with van der Waals surface area (Å²) in [6, 6.07) is 0. The van der Waals surface area contributed by atoms with Gasteiger partial charge in [-0.15, -0.1) is 11.6 Å². The number of hydrogen-bond acceptors (Lipinski definition) is 6. The summed E-state index contributed by atoms with van der Waals surface area (Å²) in [6.07, 6.45) is 7.42. The molecule has 3 heterocycles. The zero-order chi connectivity index (χ0) is 16.2. The highest BCUT2D eigenvalue weighted by Crippen LogP contribution is 2.22. The highest BCUT2D eigenvalue weighted by molar-refractivity contribution is 6.30. The van der Waals surface area contributed by atoms with Gasteiger partial charge in [-0.2, -0.15) is 4.98 Å². The first kappa shape index (κ1) is 15.9. The number of amides is 1. The van der Waals surface area contributed by atoms with Crippen LogP contribution in [0.15, 0.2) is 23.1 Å². The van der Waals surface area contributed by atoms with E-state index in [0.29, 0.717) is 36.3 Å². The smallest absolute Gasteiger partial charge is 0.240 e. The molecule has 8 heteroatoms. The Kier molecular flexibility index (Phi) is 4.85. The van der Waals surface area contributed by atoms with Crippen LogP contribution in [0, 0.1) is 5.92 Å². The monoisotopic (exact) mass is 335 g/mol. The lowest BCUT2D eigenvalue weighted by Crippen LogP contribution is -2.43. The van der Waals surface area contributed by atoms with E-state index in [-0.39, 0.29) is 5.91 Å². The third-order valence-corrected chi connectivity index (χ3v) is 4.08. The summed E-state index contributed by atoms with van der Waals surface area (Å²) in [5.41, 5.74) is 0.582. The van der Waals surface area contributed by atoms with E-state index in [1.54, 1.807) is 25.5 Å². The second-order valence-electron chi connectivity index (χ2n) is 5.72. The predicted molar refractivity (Wildman–Crippen MR) is 83.6 cm³/mol. The number of rotatable bonds is 4. The van der Waals surface area contributed by atoms with Crippen LogP contribution in [0.1, 0.15) is 25.7 Å². The molecule has 0 spiro atoms. The first-order chi connectivity index (χ1) is 11.1. The number of aromatic nitrogens is 4. The molecule has 0 radical (unpaired) electrons. The minimum absolute atomic E-state index is 0.0119. The third kappa shape index (κ3) is 3.85. The number of carbonyl (C=O) groups is 1. The van der Waals surface area contributed by atoms with Crippen molar-refractivity contribution in [2.45, 2.75) is 31.6 Å². The van der Waals surface area contributed by atoms with E-state index in [0.717, 1.165) is 19.4 Å². The van der Waals surface area contributed by atoms with Crippen molar-refractivity contribution in [3.63, 3.8) is 0 Å². The highest BCUT2D eigenvalue weighted by Gasteiger charge is 2.27. The minimum Gasteiger partial charge on any atom is -0.341 e. The fourth-order valence-electron chi connectivity index (χ4n) is 2.79. The zero-order valence-electron chi connectivity index (χ0n) is 12.9. The van der Waals surface area contributed by atoms with Crippen molar-refractivity contribution in [3.8, 4) is 11.5 Å². The molecule has 23 heavy (non-hydrogen) atoms. The zero-order valence-corrected chi connectivity index (χ0v) is 13.6. The van der Waals surface area contributed by atoms with E-state index in [1.165, 1.54) is 0 Å².